The van der Waals surface area contributed by atoms with Crippen molar-refractivity contribution < 1.29 is 13.9 Å². The molecule has 0 spiro atoms. The molecule has 4 nitrogen and oxygen atoms in total. The summed E-state index contributed by atoms with van der Waals surface area (Å²) in [6, 6.07) is 4.46. The number of rotatable bonds is 12. The Morgan fingerprint density at radius 2 is 1.49 bits per heavy atom. The zero-order chi connectivity index (χ0) is 27.3. The second-order valence-corrected chi connectivity index (χ2v) is 25.0. The third-order valence-corrected chi connectivity index (χ3v) is 23.2. The van der Waals surface area contributed by atoms with E-state index in [0.717, 1.165) is 0 Å². The first kappa shape index (κ1) is 31.9. The van der Waals surface area contributed by atoms with Gasteiger partial charge in [0.15, 0.2) is 0 Å². The minimum atomic E-state index is -2.13. The van der Waals surface area contributed by atoms with E-state index in [9.17, 15) is 9.18 Å². The molecule has 204 valence electrons. The predicted molar refractivity (Wildman–Crippen MR) is 159 cm³/mol. The van der Waals surface area contributed by atoms with Gasteiger partial charge >= 0.3 is 128 Å². The maximum absolute atomic E-state index is 13.9. The van der Waals surface area contributed by atoms with Crippen molar-refractivity contribution in [1.82, 2.24) is 9.97 Å². The summed E-state index contributed by atoms with van der Waals surface area (Å²) in [7, 11) is 0. The van der Waals surface area contributed by atoms with Crippen LogP contribution in [0.1, 0.15) is 90.4 Å². The van der Waals surface area contributed by atoms with Crippen LogP contribution < -0.4 is 3.71 Å². The quantitative estimate of drug-likeness (QED) is 0.145. The zero-order valence-corrected chi connectivity index (χ0v) is 27.8. The van der Waals surface area contributed by atoms with Crippen LogP contribution in [0.25, 0.3) is 11.3 Å². The Kier molecular flexibility index (Phi) is 13.7. The van der Waals surface area contributed by atoms with E-state index < -0.39 is 35.8 Å². The van der Waals surface area contributed by atoms with Crippen molar-refractivity contribution in [3.63, 3.8) is 0 Å². The maximum atomic E-state index is 13.9. The van der Waals surface area contributed by atoms with Gasteiger partial charge in [-0.2, -0.15) is 0 Å². The Hall–Kier alpha value is -1.32. The van der Waals surface area contributed by atoms with Gasteiger partial charge in [-0.05, 0) is 26.8 Å². The molecule has 0 bridgehead atoms. The van der Waals surface area contributed by atoms with Gasteiger partial charge in [0.1, 0.15) is 17.0 Å². The van der Waals surface area contributed by atoms with E-state index in [1.165, 1.54) is 69.2 Å². The zero-order valence-electron chi connectivity index (χ0n) is 23.3. The van der Waals surface area contributed by atoms with Crippen molar-refractivity contribution >= 4 is 50.7 Å². The van der Waals surface area contributed by atoms with Gasteiger partial charge < -0.3 is 4.74 Å². The Bertz CT molecular complexity index is 1030. The summed E-state index contributed by atoms with van der Waals surface area (Å²) >= 11 is 1.06. The van der Waals surface area contributed by atoms with Gasteiger partial charge in [0.25, 0.3) is 0 Å². The number of hydrogen-bond acceptors (Lipinski definition) is 6. The third kappa shape index (κ3) is 10.1. The second-order valence-electron chi connectivity index (χ2n) is 10.5. The van der Waals surface area contributed by atoms with E-state index in [1.807, 2.05) is 11.3 Å². The molecule has 0 fully saturated rings. The van der Waals surface area contributed by atoms with Crippen LogP contribution in [0.5, 0.6) is 0 Å². The molecule has 0 aliphatic carbocycles. The minimum absolute atomic E-state index is 0.0664. The number of esters is 1. The number of ether oxygens (including phenoxy) is 1. The van der Waals surface area contributed by atoms with Crippen LogP contribution in [0, 0.1) is 5.82 Å². The third-order valence-electron chi connectivity index (χ3n) is 6.33. The van der Waals surface area contributed by atoms with E-state index in [1.54, 1.807) is 47.5 Å². The molecule has 2 aromatic heterocycles. The molecule has 3 rings (SSSR count). The summed E-state index contributed by atoms with van der Waals surface area (Å²) < 4.78 is 25.4. The summed E-state index contributed by atoms with van der Waals surface area (Å²) in [4.78, 5) is 21.0. The number of benzene rings is 1. The summed E-state index contributed by atoms with van der Waals surface area (Å²) in [6.07, 6.45) is 8.34. The Morgan fingerprint density at radius 3 is 1.95 bits per heavy atom. The topological polar surface area (TPSA) is 52.1 Å². The summed E-state index contributed by atoms with van der Waals surface area (Å²) in [5.41, 5.74) is 3.99. The average molecular weight is 654 g/mol. The molecular formula is C29H43FN2O2S2Sn. The molecule has 0 amide bonds. The van der Waals surface area contributed by atoms with E-state index in [4.69, 9.17) is 9.72 Å². The van der Waals surface area contributed by atoms with Crippen molar-refractivity contribution in [3.05, 3.63) is 51.4 Å². The number of halogens is 1. The number of unbranched alkanes of at least 4 members (excludes halogenated alkanes) is 3. The number of aromatic nitrogens is 2. The Balaban J connectivity index is 0.000000261. The first-order valence-corrected chi connectivity index (χ1v) is 22.8. The van der Waals surface area contributed by atoms with E-state index in [2.05, 4.69) is 36.6 Å². The van der Waals surface area contributed by atoms with Crippen molar-refractivity contribution in [2.75, 3.05) is 0 Å². The second kappa shape index (κ2) is 15.9. The number of carbonyl (C=O) groups is 1. The predicted octanol–water partition coefficient (Wildman–Crippen LogP) is 9.10. The van der Waals surface area contributed by atoms with E-state index in [-0.39, 0.29) is 5.56 Å². The van der Waals surface area contributed by atoms with Crippen molar-refractivity contribution in [2.24, 2.45) is 0 Å². The Labute approximate surface area is 235 Å². The van der Waals surface area contributed by atoms with Crippen LogP contribution in [-0.2, 0) is 4.74 Å². The fourth-order valence-corrected chi connectivity index (χ4v) is 22.7. The van der Waals surface area contributed by atoms with Gasteiger partial charge in [0.05, 0.1) is 11.2 Å². The van der Waals surface area contributed by atoms with Gasteiger partial charge in [0.2, 0.25) is 0 Å². The normalized spacial score (nSPS) is 11.6. The molecular weight excluding hydrogens is 610 g/mol. The molecule has 0 radical (unpaired) electrons. The van der Waals surface area contributed by atoms with Gasteiger partial charge in [0, 0.05) is 10.9 Å². The van der Waals surface area contributed by atoms with Crippen LogP contribution in [0.3, 0.4) is 0 Å². The molecule has 8 heteroatoms. The fraction of sp³-hybridized carbons (Fsp3) is 0.552. The van der Waals surface area contributed by atoms with E-state index >= 15 is 0 Å². The molecule has 0 N–H and O–H groups in total. The Morgan fingerprint density at radius 1 is 0.919 bits per heavy atom. The number of carbonyl (C=O) groups excluding carboxylic acids is 1. The standard InChI is InChI=1S/C14H14FNO2S.3C4H9.C3H2NS.Sn/c1-14(2,3)18-13(17)12-9(5-4-6-10(12)15)11-7-19-8-16-11;3*1-3-4-2;1-2-5-3-4-1;/h4-8H,1-3H3;3*1,3-4H2,2H3;2-3H;. The molecule has 0 unspecified atom stereocenters. The summed E-state index contributed by atoms with van der Waals surface area (Å²) in [5.74, 6) is -1.27. The SMILES string of the molecule is CC(C)(C)OC(=O)c1c(F)cccc1-c1cscn1.CCC[CH2][Sn]([CH2]CCC)([CH2]CCC)[c]1cscn1. The molecule has 1 aromatic carbocycles. The summed E-state index contributed by atoms with van der Waals surface area (Å²) in [5, 5.41) is 4.15. The van der Waals surface area contributed by atoms with Crippen LogP contribution in [0.15, 0.2) is 40.0 Å². The van der Waals surface area contributed by atoms with Crippen LogP contribution >= 0.6 is 22.7 Å². The fourth-order valence-electron chi connectivity index (χ4n) is 4.40. The van der Waals surface area contributed by atoms with Crippen molar-refractivity contribution in [3.8, 4) is 11.3 Å². The van der Waals surface area contributed by atoms with Gasteiger partial charge in [-0.1, -0.05) is 12.1 Å². The van der Waals surface area contributed by atoms with E-state index in [0.29, 0.717) is 11.3 Å². The van der Waals surface area contributed by atoms with Gasteiger partial charge in [-0.3, -0.25) is 0 Å². The molecule has 2 heterocycles. The van der Waals surface area contributed by atoms with Crippen molar-refractivity contribution in [1.29, 1.82) is 0 Å². The molecule has 0 aliphatic rings. The first-order chi connectivity index (χ1) is 17.7. The summed E-state index contributed by atoms with van der Waals surface area (Å²) in [6.45, 7) is 12.2. The van der Waals surface area contributed by atoms with Gasteiger partial charge in [-0.25, -0.2) is 14.2 Å². The molecule has 0 aliphatic heterocycles. The molecule has 0 saturated carbocycles. The number of thiazole rings is 2. The molecule has 0 saturated heterocycles. The number of nitrogens with zero attached hydrogens (tertiary/aromatic N) is 2. The first-order valence-electron chi connectivity index (χ1n) is 13.5. The van der Waals surface area contributed by atoms with Crippen LogP contribution in [-0.4, -0.2) is 39.9 Å². The number of hydrogen-bond donors (Lipinski definition) is 0. The molecule has 37 heavy (non-hydrogen) atoms. The molecule has 0 atom stereocenters. The van der Waals surface area contributed by atoms with Crippen molar-refractivity contribution in [2.45, 2.75) is 99.0 Å². The van der Waals surface area contributed by atoms with Crippen LogP contribution in [0.2, 0.25) is 13.3 Å². The van der Waals surface area contributed by atoms with Gasteiger partial charge in [-0.15, -0.1) is 11.3 Å². The monoisotopic (exact) mass is 654 g/mol. The average Bonchev–Trinajstić information content (AvgIpc) is 3.58. The van der Waals surface area contributed by atoms with Crippen LogP contribution in [0.4, 0.5) is 4.39 Å². The molecule has 3 aromatic rings.